The number of halogens is 2. The minimum atomic E-state index is 0.413. The van der Waals surface area contributed by atoms with Crippen LogP contribution in [0.3, 0.4) is 0 Å². The van der Waals surface area contributed by atoms with Gasteiger partial charge < -0.3 is 0 Å². The van der Waals surface area contributed by atoms with Crippen LogP contribution in [-0.2, 0) is 18.8 Å². The summed E-state index contributed by atoms with van der Waals surface area (Å²) in [4.78, 5) is 0. The molecule has 0 atom stereocenters. The zero-order chi connectivity index (χ0) is 13.0. The minimum Gasteiger partial charge on any atom is -0.245 e. The van der Waals surface area contributed by atoms with Gasteiger partial charge in [-0.15, -0.1) is 16.7 Å². The molecule has 2 rings (SSSR count). The van der Waals surface area contributed by atoms with Gasteiger partial charge in [0.05, 0.1) is 18.1 Å². The quantitative estimate of drug-likeness (QED) is 0.784. The Hall–Kier alpha value is -1.06. The largest absolute Gasteiger partial charge is 0.245 e. The Labute approximate surface area is 117 Å². The highest BCUT2D eigenvalue weighted by atomic mass is 35.5. The van der Waals surface area contributed by atoms with Crippen molar-refractivity contribution in [3.05, 3.63) is 46.2 Å². The summed E-state index contributed by atoms with van der Waals surface area (Å²) in [5, 5.41) is 9.04. The molecule has 0 radical (unpaired) electrons. The molecule has 0 aliphatic carbocycles. The molecule has 0 unspecified atom stereocenters. The third kappa shape index (κ3) is 3.03. The van der Waals surface area contributed by atoms with Gasteiger partial charge in [-0.3, -0.25) is 0 Å². The normalized spacial score (nSPS) is 10.8. The standard InChI is InChI=1S/C13H15Cl2N3/c1-2-3-13-12(8-14)16-17-18(13)9-10-4-6-11(15)7-5-10/h4-7H,2-3,8-9H2,1H3. The molecule has 0 N–H and O–H groups in total. The molecule has 0 aliphatic heterocycles. The van der Waals surface area contributed by atoms with Crippen LogP contribution < -0.4 is 0 Å². The number of hydrogen-bond acceptors (Lipinski definition) is 2. The summed E-state index contributed by atoms with van der Waals surface area (Å²) in [6, 6.07) is 7.77. The van der Waals surface area contributed by atoms with Crippen LogP contribution in [0.25, 0.3) is 0 Å². The number of benzene rings is 1. The molecular formula is C13H15Cl2N3. The first-order valence-corrected chi connectivity index (χ1v) is 6.87. The molecule has 0 saturated carbocycles. The van der Waals surface area contributed by atoms with E-state index < -0.39 is 0 Å². The SMILES string of the molecule is CCCc1c(CCl)nnn1Cc1ccc(Cl)cc1. The van der Waals surface area contributed by atoms with Gasteiger partial charge in [0.2, 0.25) is 0 Å². The molecule has 1 aromatic carbocycles. The first-order chi connectivity index (χ1) is 8.74. The Morgan fingerprint density at radius 3 is 2.56 bits per heavy atom. The van der Waals surface area contributed by atoms with Crippen LogP contribution in [0.5, 0.6) is 0 Å². The van der Waals surface area contributed by atoms with Crippen LogP contribution in [0.2, 0.25) is 5.02 Å². The number of alkyl halides is 1. The maximum atomic E-state index is 5.87. The topological polar surface area (TPSA) is 30.7 Å². The van der Waals surface area contributed by atoms with Crippen molar-refractivity contribution < 1.29 is 0 Å². The van der Waals surface area contributed by atoms with Gasteiger partial charge in [-0.05, 0) is 24.1 Å². The predicted molar refractivity (Wildman–Crippen MR) is 74.1 cm³/mol. The van der Waals surface area contributed by atoms with E-state index in [2.05, 4.69) is 17.2 Å². The van der Waals surface area contributed by atoms with E-state index in [4.69, 9.17) is 23.2 Å². The lowest BCUT2D eigenvalue weighted by Gasteiger charge is -2.06. The van der Waals surface area contributed by atoms with Crippen LogP contribution in [0.15, 0.2) is 24.3 Å². The van der Waals surface area contributed by atoms with Crippen molar-refractivity contribution >= 4 is 23.2 Å². The summed E-state index contributed by atoms with van der Waals surface area (Å²) in [5.74, 6) is 0.413. The van der Waals surface area contributed by atoms with Gasteiger partial charge in [0.15, 0.2) is 0 Å². The molecule has 0 spiro atoms. The molecule has 0 aliphatic rings. The van der Waals surface area contributed by atoms with Crippen LogP contribution in [0.4, 0.5) is 0 Å². The summed E-state index contributed by atoms with van der Waals surface area (Å²) < 4.78 is 1.92. The van der Waals surface area contributed by atoms with Crippen molar-refractivity contribution in [3.8, 4) is 0 Å². The molecule has 0 fully saturated rings. The fourth-order valence-electron chi connectivity index (χ4n) is 1.87. The predicted octanol–water partition coefficient (Wildman–Crippen LogP) is 3.67. The fraction of sp³-hybridized carbons (Fsp3) is 0.385. The van der Waals surface area contributed by atoms with Crippen molar-refractivity contribution in [1.29, 1.82) is 0 Å². The van der Waals surface area contributed by atoms with E-state index in [1.165, 1.54) is 0 Å². The highest BCUT2D eigenvalue weighted by Crippen LogP contribution is 2.14. The summed E-state index contributed by atoms with van der Waals surface area (Å²) in [6.07, 6.45) is 2.00. The molecular weight excluding hydrogens is 269 g/mol. The lowest BCUT2D eigenvalue weighted by molar-refractivity contribution is 0.613. The monoisotopic (exact) mass is 283 g/mol. The summed E-state index contributed by atoms with van der Waals surface area (Å²) >= 11 is 11.7. The number of nitrogens with zero attached hydrogens (tertiary/aromatic N) is 3. The zero-order valence-electron chi connectivity index (χ0n) is 10.2. The molecule has 96 valence electrons. The van der Waals surface area contributed by atoms with Crippen molar-refractivity contribution in [2.24, 2.45) is 0 Å². The molecule has 0 saturated heterocycles. The second kappa shape index (κ2) is 6.21. The maximum absolute atomic E-state index is 5.87. The Balaban J connectivity index is 2.22. The van der Waals surface area contributed by atoms with Crippen molar-refractivity contribution in [1.82, 2.24) is 15.0 Å². The first-order valence-electron chi connectivity index (χ1n) is 5.96. The van der Waals surface area contributed by atoms with E-state index in [-0.39, 0.29) is 0 Å². The molecule has 1 heterocycles. The van der Waals surface area contributed by atoms with Gasteiger partial charge in [-0.2, -0.15) is 0 Å². The molecule has 3 nitrogen and oxygen atoms in total. The fourth-order valence-corrected chi connectivity index (χ4v) is 2.21. The Morgan fingerprint density at radius 1 is 1.22 bits per heavy atom. The molecule has 2 aromatic rings. The first kappa shape index (κ1) is 13.4. The summed E-state index contributed by atoms with van der Waals surface area (Å²) in [7, 11) is 0. The van der Waals surface area contributed by atoms with E-state index in [0.29, 0.717) is 12.4 Å². The smallest absolute Gasteiger partial charge is 0.101 e. The molecule has 5 heteroatoms. The van der Waals surface area contributed by atoms with Gasteiger partial charge in [-0.25, -0.2) is 4.68 Å². The van der Waals surface area contributed by atoms with Gasteiger partial charge in [-0.1, -0.05) is 42.3 Å². The van der Waals surface area contributed by atoms with Crippen molar-refractivity contribution in [3.63, 3.8) is 0 Å². The third-order valence-electron chi connectivity index (χ3n) is 2.78. The van der Waals surface area contributed by atoms with E-state index in [0.717, 1.165) is 34.8 Å². The highest BCUT2D eigenvalue weighted by Gasteiger charge is 2.11. The van der Waals surface area contributed by atoms with Crippen LogP contribution in [0, 0.1) is 0 Å². The summed E-state index contributed by atoms with van der Waals surface area (Å²) in [5.41, 5.74) is 3.16. The number of hydrogen-bond donors (Lipinski definition) is 0. The van der Waals surface area contributed by atoms with Gasteiger partial charge in [0.1, 0.15) is 5.69 Å². The Kier molecular flexibility index (Phi) is 4.61. The third-order valence-corrected chi connectivity index (χ3v) is 3.28. The second-order valence-corrected chi connectivity index (χ2v) is 4.85. The Morgan fingerprint density at radius 2 is 1.94 bits per heavy atom. The van der Waals surface area contributed by atoms with Gasteiger partial charge >= 0.3 is 0 Å². The van der Waals surface area contributed by atoms with E-state index in [1.807, 2.05) is 28.9 Å². The van der Waals surface area contributed by atoms with E-state index in [1.54, 1.807) is 0 Å². The minimum absolute atomic E-state index is 0.413. The number of rotatable bonds is 5. The van der Waals surface area contributed by atoms with Crippen LogP contribution in [-0.4, -0.2) is 15.0 Å². The van der Waals surface area contributed by atoms with Crippen molar-refractivity contribution in [2.75, 3.05) is 0 Å². The molecule has 0 bridgehead atoms. The second-order valence-electron chi connectivity index (χ2n) is 4.15. The zero-order valence-corrected chi connectivity index (χ0v) is 11.7. The molecule has 18 heavy (non-hydrogen) atoms. The summed E-state index contributed by atoms with van der Waals surface area (Å²) in [6.45, 7) is 2.84. The van der Waals surface area contributed by atoms with Crippen LogP contribution in [0.1, 0.15) is 30.3 Å². The molecule has 0 amide bonds. The lowest BCUT2D eigenvalue weighted by Crippen LogP contribution is -2.07. The van der Waals surface area contributed by atoms with Crippen molar-refractivity contribution in [2.45, 2.75) is 32.2 Å². The van der Waals surface area contributed by atoms with Crippen LogP contribution >= 0.6 is 23.2 Å². The van der Waals surface area contributed by atoms with Gasteiger partial charge in [0, 0.05) is 5.02 Å². The lowest BCUT2D eigenvalue weighted by atomic mass is 10.2. The van der Waals surface area contributed by atoms with E-state index in [9.17, 15) is 0 Å². The number of aromatic nitrogens is 3. The average Bonchev–Trinajstić information content (AvgIpc) is 2.75. The van der Waals surface area contributed by atoms with Gasteiger partial charge in [0.25, 0.3) is 0 Å². The highest BCUT2D eigenvalue weighted by molar-refractivity contribution is 6.30. The van der Waals surface area contributed by atoms with E-state index >= 15 is 0 Å². The average molecular weight is 284 g/mol. The Bertz CT molecular complexity index is 505. The maximum Gasteiger partial charge on any atom is 0.101 e. The molecule has 1 aromatic heterocycles.